The van der Waals surface area contributed by atoms with Crippen LogP contribution in [0.5, 0.6) is 5.75 Å². The Kier molecular flexibility index (Phi) is 5.44. The molecular weight excluding hydrogens is 268 g/mol. The molecule has 2 rings (SSSR count). The molecule has 5 heteroatoms. The first-order valence-electron chi connectivity index (χ1n) is 7.46. The summed E-state index contributed by atoms with van der Waals surface area (Å²) in [6.45, 7) is 6.08. The summed E-state index contributed by atoms with van der Waals surface area (Å²) in [7, 11) is 0. The van der Waals surface area contributed by atoms with Crippen molar-refractivity contribution in [3.05, 3.63) is 29.3 Å². The lowest BCUT2D eigenvalue weighted by atomic mass is 10.1. The average molecular weight is 292 g/mol. The minimum Gasteiger partial charge on any atom is -0.492 e. The van der Waals surface area contributed by atoms with Gasteiger partial charge in [0.25, 0.3) is 0 Å². The van der Waals surface area contributed by atoms with Crippen LogP contribution in [-0.2, 0) is 0 Å². The van der Waals surface area contributed by atoms with Crippen molar-refractivity contribution in [2.45, 2.75) is 32.8 Å². The summed E-state index contributed by atoms with van der Waals surface area (Å²) in [6.07, 6.45) is 1.24. The van der Waals surface area contributed by atoms with E-state index in [1.807, 2.05) is 26.0 Å². The Balaban J connectivity index is 1.70. The lowest BCUT2D eigenvalue weighted by molar-refractivity contribution is 0.0840. The molecule has 1 aliphatic heterocycles. The fraction of sp³-hybridized carbons (Fsp3) is 0.562. The molecule has 0 spiro atoms. The number of aliphatic hydroxyl groups is 1. The molecule has 1 aromatic carbocycles. The van der Waals surface area contributed by atoms with E-state index in [0.29, 0.717) is 26.2 Å². The molecule has 2 amide bonds. The van der Waals surface area contributed by atoms with Gasteiger partial charge in [-0.3, -0.25) is 0 Å². The second-order valence-corrected chi connectivity index (χ2v) is 5.65. The van der Waals surface area contributed by atoms with Crippen molar-refractivity contribution in [1.29, 1.82) is 0 Å². The number of carbonyl (C=O) groups excluding carboxylic acids is 1. The zero-order valence-electron chi connectivity index (χ0n) is 12.8. The fourth-order valence-corrected chi connectivity index (χ4v) is 2.59. The Morgan fingerprint density at radius 3 is 2.76 bits per heavy atom. The maximum absolute atomic E-state index is 11.9. The number of aryl methyl sites for hydroxylation is 2. The zero-order chi connectivity index (χ0) is 15.2. The molecule has 0 aromatic heterocycles. The number of hydrogen-bond donors (Lipinski definition) is 2. The van der Waals surface area contributed by atoms with Gasteiger partial charge in [-0.25, -0.2) is 4.79 Å². The predicted octanol–water partition coefficient (Wildman–Crippen LogP) is 1.85. The van der Waals surface area contributed by atoms with Gasteiger partial charge in [0.2, 0.25) is 0 Å². The van der Waals surface area contributed by atoms with Crippen molar-refractivity contribution < 1.29 is 14.6 Å². The summed E-state index contributed by atoms with van der Waals surface area (Å²) in [5.74, 6) is 0.829. The topological polar surface area (TPSA) is 61.8 Å². The number of hydrogen-bond acceptors (Lipinski definition) is 3. The monoisotopic (exact) mass is 292 g/mol. The van der Waals surface area contributed by atoms with Crippen molar-refractivity contribution in [3.63, 3.8) is 0 Å². The Morgan fingerprint density at radius 1 is 1.38 bits per heavy atom. The van der Waals surface area contributed by atoms with Crippen molar-refractivity contribution in [2.75, 3.05) is 26.2 Å². The molecule has 1 aliphatic rings. The number of urea groups is 1. The first-order chi connectivity index (χ1) is 10.0. The molecule has 1 fully saturated rings. The molecule has 1 saturated heterocycles. The minimum absolute atomic E-state index is 0.127. The number of ether oxygens (including phenoxy) is 1. The molecule has 5 nitrogen and oxygen atoms in total. The molecular formula is C16H24N2O3. The van der Waals surface area contributed by atoms with Gasteiger partial charge in [0.1, 0.15) is 12.4 Å². The van der Waals surface area contributed by atoms with Crippen LogP contribution in [0.4, 0.5) is 4.79 Å². The molecule has 116 valence electrons. The number of amides is 2. The molecule has 21 heavy (non-hydrogen) atoms. The number of carbonyl (C=O) groups is 1. The molecule has 0 saturated carbocycles. The Bertz CT molecular complexity index is 470. The maximum Gasteiger partial charge on any atom is 0.317 e. The normalized spacial score (nSPS) is 18.4. The molecule has 2 N–H and O–H groups in total. The largest absolute Gasteiger partial charge is 0.492 e. The van der Waals surface area contributed by atoms with E-state index in [4.69, 9.17) is 4.74 Å². The van der Waals surface area contributed by atoms with Crippen LogP contribution in [0.15, 0.2) is 18.2 Å². The van der Waals surface area contributed by atoms with Gasteiger partial charge in [0.05, 0.1) is 12.6 Å². The van der Waals surface area contributed by atoms with Crippen LogP contribution in [0.25, 0.3) is 0 Å². The van der Waals surface area contributed by atoms with Gasteiger partial charge in [-0.15, -0.1) is 0 Å². The predicted molar refractivity (Wildman–Crippen MR) is 81.6 cm³/mol. The average Bonchev–Trinajstić information content (AvgIpc) is 2.42. The summed E-state index contributed by atoms with van der Waals surface area (Å²) >= 11 is 0. The van der Waals surface area contributed by atoms with E-state index in [1.54, 1.807) is 4.90 Å². The van der Waals surface area contributed by atoms with Crippen LogP contribution in [0.3, 0.4) is 0 Å². The van der Waals surface area contributed by atoms with Crippen LogP contribution < -0.4 is 10.1 Å². The van der Waals surface area contributed by atoms with Crippen molar-refractivity contribution in [1.82, 2.24) is 10.2 Å². The highest BCUT2D eigenvalue weighted by Crippen LogP contribution is 2.15. The van der Waals surface area contributed by atoms with Gasteiger partial charge in [-0.05, 0) is 49.9 Å². The Hall–Kier alpha value is -1.75. The van der Waals surface area contributed by atoms with Crippen molar-refractivity contribution in [3.8, 4) is 5.75 Å². The second-order valence-electron chi connectivity index (χ2n) is 5.65. The standard InChI is InChI=1S/C16H24N2O3/c1-12-8-13(2)10-15(9-12)21-7-5-17-16(20)18-6-3-4-14(19)11-18/h8-10,14,19H,3-7,11H2,1-2H3,(H,17,20). The molecule has 0 radical (unpaired) electrons. The van der Waals surface area contributed by atoms with E-state index >= 15 is 0 Å². The van der Waals surface area contributed by atoms with E-state index < -0.39 is 6.10 Å². The number of piperidine rings is 1. The van der Waals surface area contributed by atoms with E-state index in [0.717, 1.165) is 29.7 Å². The molecule has 1 aromatic rings. The number of aliphatic hydroxyl groups excluding tert-OH is 1. The van der Waals surface area contributed by atoms with Crippen LogP contribution in [-0.4, -0.2) is 48.4 Å². The molecule has 1 unspecified atom stereocenters. The van der Waals surface area contributed by atoms with E-state index in [-0.39, 0.29) is 6.03 Å². The quantitative estimate of drug-likeness (QED) is 0.833. The van der Waals surface area contributed by atoms with Gasteiger partial charge in [0, 0.05) is 13.1 Å². The fourth-order valence-electron chi connectivity index (χ4n) is 2.59. The highest BCUT2D eigenvalue weighted by molar-refractivity contribution is 5.74. The van der Waals surface area contributed by atoms with Crippen LogP contribution in [0, 0.1) is 13.8 Å². The lowest BCUT2D eigenvalue weighted by Gasteiger charge is -2.30. The van der Waals surface area contributed by atoms with Gasteiger partial charge in [-0.1, -0.05) is 6.07 Å². The summed E-state index contributed by atoms with van der Waals surface area (Å²) in [6, 6.07) is 5.93. The third-order valence-electron chi connectivity index (χ3n) is 3.53. The molecule has 1 atom stereocenters. The highest BCUT2D eigenvalue weighted by atomic mass is 16.5. The molecule has 0 bridgehead atoms. The van der Waals surface area contributed by atoms with Gasteiger partial charge >= 0.3 is 6.03 Å². The Labute approximate surface area is 125 Å². The van der Waals surface area contributed by atoms with Gasteiger partial charge in [-0.2, -0.15) is 0 Å². The SMILES string of the molecule is Cc1cc(C)cc(OCCNC(=O)N2CCCC(O)C2)c1. The van der Waals surface area contributed by atoms with E-state index in [9.17, 15) is 9.90 Å². The van der Waals surface area contributed by atoms with Crippen LogP contribution >= 0.6 is 0 Å². The van der Waals surface area contributed by atoms with Crippen molar-refractivity contribution >= 4 is 6.03 Å². The maximum atomic E-state index is 11.9. The third-order valence-corrected chi connectivity index (χ3v) is 3.53. The van der Waals surface area contributed by atoms with E-state index in [1.165, 1.54) is 0 Å². The second kappa shape index (κ2) is 7.31. The first kappa shape index (κ1) is 15.6. The lowest BCUT2D eigenvalue weighted by Crippen LogP contribution is -2.47. The number of likely N-dealkylation sites (tertiary alicyclic amines) is 1. The van der Waals surface area contributed by atoms with Crippen LogP contribution in [0.1, 0.15) is 24.0 Å². The van der Waals surface area contributed by atoms with Gasteiger partial charge < -0.3 is 20.1 Å². The van der Waals surface area contributed by atoms with Crippen LogP contribution in [0.2, 0.25) is 0 Å². The van der Waals surface area contributed by atoms with Gasteiger partial charge in [0.15, 0.2) is 0 Å². The minimum atomic E-state index is -0.393. The number of benzene rings is 1. The number of β-amino-alcohol motifs (C(OH)–C–C–N with tert-alkyl or cyclic N) is 1. The van der Waals surface area contributed by atoms with Crippen molar-refractivity contribution in [2.24, 2.45) is 0 Å². The first-order valence-corrected chi connectivity index (χ1v) is 7.46. The summed E-state index contributed by atoms with van der Waals surface area (Å²) in [5, 5.41) is 12.4. The number of nitrogens with one attached hydrogen (secondary N) is 1. The summed E-state index contributed by atoms with van der Waals surface area (Å²) in [5.41, 5.74) is 2.33. The number of nitrogens with zero attached hydrogens (tertiary/aromatic N) is 1. The smallest absolute Gasteiger partial charge is 0.317 e. The third kappa shape index (κ3) is 4.93. The number of rotatable bonds is 4. The summed E-state index contributed by atoms with van der Waals surface area (Å²) < 4.78 is 5.64. The highest BCUT2D eigenvalue weighted by Gasteiger charge is 2.21. The Morgan fingerprint density at radius 2 is 2.10 bits per heavy atom. The zero-order valence-corrected chi connectivity index (χ0v) is 12.8. The summed E-state index contributed by atoms with van der Waals surface area (Å²) in [4.78, 5) is 13.6. The van der Waals surface area contributed by atoms with E-state index in [2.05, 4.69) is 11.4 Å². The molecule has 1 heterocycles. The molecule has 0 aliphatic carbocycles.